The smallest absolute Gasteiger partial charge is 0.225 e. The number of carbonyl (C=O) groups is 1. The number of nitrogens with one attached hydrogen (secondary N) is 1. The van der Waals surface area contributed by atoms with Crippen molar-refractivity contribution < 1.29 is 26.7 Å². The van der Waals surface area contributed by atoms with Crippen molar-refractivity contribution in [3.05, 3.63) is 57.0 Å². The Kier molecular flexibility index (Phi) is 4.80. The van der Waals surface area contributed by atoms with Crippen LogP contribution in [0.15, 0.2) is 17.5 Å². The second kappa shape index (κ2) is 6.43. The van der Waals surface area contributed by atoms with Gasteiger partial charge in [0, 0.05) is 10.4 Å². The van der Waals surface area contributed by atoms with Gasteiger partial charge >= 0.3 is 0 Å². The molecule has 1 atom stereocenters. The summed E-state index contributed by atoms with van der Waals surface area (Å²) in [4.78, 5) is 12.5. The highest BCUT2D eigenvalue weighted by Gasteiger charge is 2.27. The molecule has 0 aliphatic carbocycles. The Morgan fingerprint density at radius 1 is 1.09 bits per heavy atom. The van der Waals surface area contributed by atoms with E-state index in [4.69, 9.17) is 0 Å². The van der Waals surface area contributed by atoms with Crippen LogP contribution in [0.5, 0.6) is 0 Å². The highest BCUT2D eigenvalue weighted by atomic mass is 32.1. The molecule has 0 aliphatic heterocycles. The van der Waals surface area contributed by atoms with E-state index in [1.54, 1.807) is 24.4 Å². The maximum atomic E-state index is 13.5. The normalized spacial score (nSPS) is 12.3. The number of carbonyl (C=O) groups excluding carboxylic acids is 1. The molecule has 1 amide bonds. The van der Waals surface area contributed by atoms with Crippen molar-refractivity contribution in [2.24, 2.45) is 0 Å². The lowest BCUT2D eigenvalue weighted by atomic mass is 10.1. The zero-order valence-corrected chi connectivity index (χ0v) is 12.0. The van der Waals surface area contributed by atoms with E-state index in [-0.39, 0.29) is 0 Å². The van der Waals surface area contributed by atoms with Crippen molar-refractivity contribution in [3.8, 4) is 0 Å². The van der Waals surface area contributed by atoms with E-state index in [9.17, 15) is 26.7 Å². The van der Waals surface area contributed by atoms with Crippen molar-refractivity contribution in [1.82, 2.24) is 5.32 Å². The lowest BCUT2D eigenvalue weighted by molar-refractivity contribution is -0.121. The summed E-state index contributed by atoms with van der Waals surface area (Å²) >= 11 is 1.36. The summed E-state index contributed by atoms with van der Waals surface area (Å²) in [6, 6.07) is 3.06. The molecule has 22 heavy (non-hydrogen) atoms. The third-order valence-corrected chi connectivity index (χ3v) is 4.04. The van der Waals surface area contributed by atoms with Gasteiger partial charge in [-0.1, -0.05) is 6.07 Å². The van der Waals surface area contributed by atoms with Crippen LogP contribution in [0.3, 0.4) is 0 Å². The average Bonchev–Trinajstić information content (AvgIpc) is 3.02. The van der Waals surface area contributed by atoms with Gasteiger partial charge in [0.15, 0.2) is 23.3 Å². The van der Waals surface area contributed by atoms with Crippen LogP contribution in [-0.2, 0) is 11.2 Å². The van der Waals surface area contributed by atoms with Crippen molar-refractivity contribution in [2.45, 2.75) is 19.4 Å². The van der Waals surface area contributed by atoms with E-state index in [0.717, 1.165) is 4.88 Å². The topological polar surface area (TPSA) is 29.1 Å². The lowest BCUT2D eigenvalue weighted by Crippen LogP contribution is -2.28. The molecule has 0 saturated heterocycles. The molecule has 0 saturated carbocycles. The van der Waals surface area contributed by atoms with Gasteiger partial charge in [0.1, 0.15) is 0 Å². The number of thiophene rings is 1. The van der Waals surface area contributed by atoms with Crippen molar-refractivity contribution in [3.63, 3.8) is 0 Å². The third-order valence-electron chi connectivity index (χ3n) is 2.99. The molecule has 118 valence electrons. The first-order valence-corrected chi connectivity index (χ1v) is 7.04. The van der Waals surface area contributed by atoms with Gasteiger partial charge in [-0.05, 0) is 18.4 Å². The molecule has 0 fully saturated rings. The van der Waals surface area contributed by atoms with Gasteiger partial charge in [0.2, 0.25) is 11.7 Å². The molecule has 0 bridgehead atoms. The van der Waals surface area contributed by atoms with E-state index < -0.39 is 53.0 Å². The first-order chi connectivity index (χ1) is 10.3. The molecule has 2 aromatic rings. The van der Waals surface area contributed by atoms with Crippen LogP contribution in [-0.4, -0.2) is 5.91 Å². The minimum absolute atomic E-state index is 0.436. The molecule has 8 heteroatoms. The number of benzene rings is 1. The minimum Gasteiger partial charge on any atom is -0.348 e. The number of amides is 1. The molecule has 1 heterocycles. The highest BCUT2D eigenvalue weighted by molar-refractivity contribution is 7.10. The second-order valence-electron chi connectivity index (χ2n) is 4.53. The van der Waals surface area contributed by atoms with Crippen LogP contribution >= 0.6 is 11.3 Å². The van der Waals surface area contributed by atoms with Gasteiger partial charge in [-0.15, -0.1) is 11.3 Å². The zero-order chi connectivity index (χ0) is 16.4. The molecule has 0 aliphatic rings. The fraction of sp³-hybridized carbons (Fsp3) is 0.214. The van der Waals surface area contributed by atoms with Gasteiger partial charge in [-0.25, -0.2) is 22.0 Å². The standard InChI is InChI=1S/C14H10F5NOS/c1-6(8-3-2-4-22-8)20-9(21)5-7-10(15)12(17)14(19)13(18)11(7)16/h2-4,6H,5H2,1H3,(H,20,21)/t6-/m1/s1. The SMILES string of the molecule is C[C@@H](NC(=O)Cc1c(F)c(F)c(F)c(F)c1F)c1cccs1. The molecule has 1 N–H and O–H groups in total. The van der Waals surface area contributed by atoms with E-state index in [0.29, 0.717) is 0 Å². The molecular formula is C14H10F5NOS. The first kappa shape index (κ1) is 16.4. The molecule has 2 rings (SSSR count). The fourth-order valence-electron chi connectivity index (χ4n) is 1.87. The Morgan fingerprint density at radius 2 is 1.64 bits per heavy atom. The summed E-state index contributed by atoms with van der Waals surface area (Å²) in [6.45, 7) is 1.64. The van der Waals surface area contributed by atoms with Crippen LogP contribution in [0, 0.1) is 29.1 Å². The highest BCUT2D eigenvalue weighted by Crippen LogP contribution is 2.24. The predicted molar refractivity (Wildman–Crippen MR) is 70.8 cm³/mol. The second-order valence-corrected chi connectivity index (χ2v) is 5.51. The van der Waals surface area contributed by atoms with Gasteiger partial charge in [-0.2, -0.15) is 0 Å². The number of rotatable bonds is 4. The van der Waals surface area contributed by atoms with Crippen LogP contribution < -0.4 is 5.32 Å². The van der Waals surface area contributed by atoms with Gasteiger partial charge in [0.05, 0.1) is 12.5 Å². The van der Waals surface area contributed by atoms with Crippen molar-refractivity contribution in [1.29, 1.82) is 0 Å². The summed E-state index contributed by atoms with van der Waals surface area (Å²) in [5, 5.41) is 4.22. The van der Waals surface area contributed by atoms with Crippen molar-refractivity contribution >= 4 is 17.2 Å². The van der Waals surface area contributed by atoms with E-state index in [1.165, 1.54) is 11.3 Å². The maximum Gasteiger partial charge on any atom is 0.225 e. The van der Waals surface area contributed by atoms with E-state index in [2.05, 4.69) is 5.32 Å². The molecule has 0 unspecified atom stereocenters. The van der Waals surface area contributed by atoms with Crippen LogP contribution in [0.1, 0.15) is 23.4 Å². The molecule has 1 aromatic carbocycles. The van der Waals surface area contributed by atoms with Crippen molar-refractivity contribution in [2.75, 3.05) is 0 Å². The van der Waals surface area contributed by atoms with Gasteiger partial charge in [0.25, 0.3) is 0 Å². The fourth-order valence-corrected chi connectivity index (χ4v) is 2.60. The van der Waals surface area contributed by atoms with Gasteiger partial charge in [-0.3, -0.25) is 4.79 Å². The van der Waals surface area contributed by atoms with Crippen LogP contribution in [0.4, 0.5) is 22.0 Å². The Hall–Kier alpha value is -1.96. The Morgan fingerprint density at radius 3 is 2.14 bits per heavy atom. The molecule has 0 radical (unpaired) electrons. The quantitative estimate of drug-likeness (QED) is 0.513. The number of hydrogen-bond donors (Lipinski definition) is 1. The zero-order valence-electron chi connectivity index (χ0n) is 11.2. The molecule has 1 aromatic heterocycles. The maximum absolute atomic E-state index is 13.5. The Balaban J connectivity index is 2.19. The summed E-state index contributed by atoms with van der Waals surface area (Å²) in [6.07, 6.45) is -0.943. The molecular weight excluding hydrogens is 325 g/mol. The summed E-state index contributed by atoms with van der Waals surface area (Å²) in [5.74, 6) is -11.2. The van der Waals surface area contributed by atoms with Crippen LogP contribution in [0.2, 0.25) is 0 Å². The number of hydrogen-bond acceptors (Lipinski definition) is 2. The molecule has 0 spiro atoms. The van der Waals surface area contributed by atoms with Crippen LogP contribution in [0.25, 0.3) is 0 Å². The largest absolute Gasteiger partial charge is 0.348 e. The minimum atomic E-state index is -2.24. The first-order valence-electron chi connectivity index (χ1n) is 6.16. The summed E-state index contributed by atoms with van der Waals surface area (Å²) in [5.41, 5.74) is -1.15. The monoisotopic (exact) mass is 335 g/mol. The summed E-state index contributed by atoms with van der Waals surface area (Å²) < 4.78 is 65.9. The Bertz CT molecular complexity index is 673. The Labute approximate surface area is 126 Å². The number of halogens is 5. The van der Waals surface area contributed by atoms with E-state index in [1.807, 2.05) is 0 Å². The predicted octanol–water partition coefficient (Wildman–Crippen LogP) is 3.86. The average molecular weight is 335 g/mol. The lowest BCUT2D eigenvalue weighted by Gasteiger charge is -2.13. The van der Waals surface area contributed by atoms with E-state index >= 15 is 0 Å². The molecule has 2 nitrogen and oxygen atoms in total. The summed E-state index contributed by atoms with van der Waals surface area (Å²) in [7, 11) is 0. The third kappa shape index (κ3) is 3.11. The van der Waals surface area contributed by atoms with Gasteiger partial charge < -0.3 is 5.32 Å².